The molecule has 0 spiro atoms. The number of aryl methyl sites for hydroxylation is 1. The Morgan fingerprint density at radius 3 is 2.52 bits per heavy atom. The third-order valence-corrected chi connectivity index (χ3v) is 4.16. The predicted octanol–water partition coefficient (Wildman–Crippen LogP) is 1.50. The molecule has 23 heavy (non-hydrogen) atoms. The molecule has 0 radical (unpaired) electrons. The average molecular weight is 318 g/mol. The first-order valence-electron chi connectivity index (χ1n) is 7.01. The van der Waals surface area contributed by atoms with Crippen molar-refractivity contribution in [1.29, 1.82) is 0 Å². The maximum absolute atomic E-state index is 12.4. The van der Waals surface area contributed by atoms with Gasteiger partial charge in [-0.3, -0.25) is 19.7 Å². The fourth-order valence-corrected chi connectivity index (χ4v) is 3.02. The molecular weight excluding hydrogens is 304 g/mol. The number of aliphatic carboxylic acids is 1. The number of benzene rings is 1. The topological polar surface area (TPSA) is 119 Å². The zero-order valence-corrected chi connectivity index (χ0v) is 12.1. The Bertz CT molecular complexity index is 729. The van der Waals surface area contributed by atoms with E-state index in [2.05, 4.69) is 5.32 Å². The first-order valence-corrected chi connectivity index (χ1v) is 7.01. The fraction of sp³-hybridized carbons (Fsp3) is 0.333. The lowest BCUT2D eigenvalue weighted by Crippen LogP contribution is -2.39. The molecule has 1 fully saturated rings. The highest BCUT2D eigenvalue weighted by atomic mass is 16.6. The molecule has 0 saturated carbocycles. The lowest BCUT2D eigenvalue weighted by atomic mass is 9.82. The Labute approximate surface area is 130 Å². The van der Waals surface area contributed by atoms with Crippen molar-refractivity contribution in [2.75, 3.05) is 5.32 Å². The minimum atomic E-state index is -1.10. The Balaban J connectivity index is 1.82. The molecular formula is C15H14N2O6. The SMILES string of the molecule is Cc1ccc(NC(=O)[C@@H]2[C@@H](C(=O)O)[C@H]3C=C[C@H]2O3)cc1[N+](=O)[O-]. The molecule has 0 aromatic heterocycles. The molecule has 1 saturated heterocycles. The van der Waals surface area contributed by atoms with Crippen LogP contribution in [0.2, 0.25) is 0 Å². The molecule has 8 heteroatoms. The summed E-state index contributed by atoms with van der Waals surface area (Å²) in [5.74, 6) is -3.43. The number of anilines is 1. The van der Waals surface area contributed by atoms with E-state index in [1.165, 1.54) is 12.1 Å². The molecule has 2 bridgehead atoms. The summed E-state index contributed by atoms with van der Waals surface area (Å²) < 4.78 is 5.44. The van der Waals surface area contributed by atoms with E-state index in [4.69, 9.17) is 4.74 Å². The number of carbonyl (C=O) groups excluding carboxylic acids is 1. The van der Waals surface area contributed by atoms with E-state index in [1.807, 2.05) is 0 Å². The number of carboxylic acids is 1. The zero-order valence-electron chi connectivity index (χ0n) is 12.1. The second-order valence-electron chi connectivity index (χ2n) is 5.59. The van der Waals surface area contributed by atoms with Crippen LogP contribution in [-0.4, -0.2) is 34.1 Å². The predicted molar refractivity (Wildman–Crippen MR) is 78.9 cm³/mol. The molecule has 2 heterocycles. The summed E-state index contributed by atoms with van der Waals surface area (Å²) in [4.78, 5) is 34.2. The number of hydrogen-bond donors (Lipinski definition) is 2. The van der Waals surface area contributed by atoms with E-state index in [-0.39, 0.29) is 11.4 Å². The number of rotatable bonds is 4. The lowest BCUT2D eigenvalue weighted by Gasteiger charge is -2.21. The van der Waals surface area contributed by atoms with Gasteiger partial charge in [-0.25, -0.2) is 0 Å². The molecule has 1 amide bonds. The minimum Gasteiger partial charge on any atom is -0.481 e. The van der Waals surface area contributed by atoms with Crippen molar-refractivity contribution >= 4 is 23.3 Å². The quantitative estimate of drug-likeness (QED) is 0.493. The number of amides is 1. The number of carboxylic acid groups (broad SMARTS) is 1. The van der Waals surface area contributed by atoms with Crippen molar-refractivity contribution in [3.63, 3.8) is 0 Å². The van der Waals surface area contributed by atoms with E-state index in [9.17, 15) is 24.8 Å². The highest BCUT2D eigenvalue weighted by Gasteiger charge is 2.53. The first kappa shape index (κ1) is 15.2. The van der Waals surface area contributed by atoms with Crippen LogP contribution in [0.3, 0.4) is 0 Å². The van der Waals surface area contributed by atoms with Gasteiger partial charge in [-0.1, -0.05) is 18.2 Å². The van der Waals surface area contributed by atoms with Gasteiger partial charge in [0.2, 0.25) is 5.91 Å². The second-order valence-corrected chi connectivity index (χ2v) is 5.59. The van der Waals surface area contributed by atoms with Crippen LogP contribution in [0.25, 0.3) is 0 Å². The van der Waals surface area contributed by atoms with Crippen molar-refractivity contribution in [3.05, 3.63) is 46.0 Å². The normalized spacial score (nSPS) is 27.9. The molecule has 1 aromatic carbocycles. The average Bonchev–Trinajstić information content (AvgIpc) is 3.09. The molecule has 120 valence electrons. The van der Waals surface area contributed by atoms with Gasteiger partial charge in [-0.05, 0) is 13.0 Å². The number of nitrogens with one attached hydrogen (secondary N) is 1. The Kier molecular flexibility index (Phi) is 3.61. The summed E-state index contributed by atoms with van der Waals surface area (Å²) in [6.45, 7) is 1.60. The number of hydrogen-bond acceptors (Lipinski definition) is 5. The molecule has 4 atom stereocenters. The second kappa shape index (κ2) is 5.47. The van der Waals surface area contributed by atoms with E-state index >= 15 is 0 Å². The van der Waals surface area contributed by atoms with Gasteiger partial charge in [-0.15, -0.1) is 0 Å². The monoisotopic (exact) mass is 318 g/mol. The van der Waals surface area contributed by atoms with Crippen LogP contribution < -0.4 is 5.32 Å². The lowest BCUT2D eigenvalue weighted by molar-refractivity contribution is -0.385. The summed E-state index contributed by atoms with van der Waals surface area (Å²) in [5, 5.41) is 22.8. The maximum Gasteiger partial charge on any atom is 0.310 e. The van der Waals surface area contributed by atoms with Crippen LogP contribution in [0.5, 0.6) is 0 Å². The smallest absolute Gasteiger partial charge is 0.310 e. The third-order valence-electron chi connectivity index (χ3n) is 4.16. The summed E-state index contributed by atoms with van der Waals surface area (Å²) in [6.07, 6.45) is 2.12. The van der Waals surface area contributed by atoms with Crippen LogP contribution in [0.4, 0.5) is 11.4 Å². The molecule has 8 nitrogen and oxygen atoms in total. The van der Waals surface area contributed by atoms with Gasteiger partial charge in [0.15, 0.2) is 0 Å². The Hall–Kier alpha value is -2.74. The summed E-state index contributed by atoms with van der Waals surface area (Å²) in [7, 11) is 0. The highest BCUT2D eigenvalue weighted by molar-refractivity contribution is 5.97. The molecule has 0 unspecified atom stereocenters. The van der Waals surface area contributed by atoms with Crippen LogP contribution in [0.15, 0.2) is 30.4 Å². The van der Waals surface area contributed by atoms with E-state index in [0.717, 1.165) is 0 Å². The summed E-state index contributed by atoms with van der Waals surface area (Å²) in [5.41, 5.74) is 0.618. The molecule has 1 aromatic rings. The van der Waals surface area contributed by atoms with E-state index < -0.39 is 40.8 Å². The van der Waals surface area contributed by atoms with Gasteiger partial charge in [-0.2, -0.15) is 0 Å². The molecule has 3 rings (SSSR count). The minimum absolute atomic E-state index is 0.110. The first-order chi connectivity index (χ1) is 10.9. The maximum atomic E-state index is 12.4. The third kappa shape index (κ3) is 2.57. The largest absolute Gasteiger partial charge is 0.481 e. The van der Waals surface area contributed by atoms with Crippen molar-refractivity contribution in [2.45, 2.75) is 19.1 Å². The van der Waals surface area contributed by atoms with E-state index in [0.29, 0.717) is 5.56 Å². The van der Waals surface area contributed by atoms with Gasteiger partial charge >= 0.3 is 5.97 Å². The van der Waals surface area contributed by atoms with Crippen LogP contribution >= 0.6 is 0 Å². The number of nitro benzene ring substituents is 1. The highest BCUT2D eigenvalue weighted by Crippen LogP contribution is 2.40. The van der Waals surface area contributed by atoms with E-state index in [1.54, 1.807) is 25.1 Å². The molecule has 2 N–H and O–H groups in total. The summed E-state index contributed by atoms with van der Waals surface area (Å²) in [6, 6.07) is 4.33. The zero-order chi connectivity index (χ0) is 16.7. The Morgan fingerprint density at radius 2 is 1.91 bits per heavy atom. The van der Waals surface area contributed by atoms with Crippen LogP contribution in [0, 0.1) is 28.9 Å². The van der Waals surface area contributed by atoms with Gasteiger partial charge in [0.1, 0.15) is 5.92 Å². The van der Waals surface area contributed by atoms with Crippen LogP contribution in [-0.2, 0) is 14.3 Å². The number of nitro groups is 1. The van der Waals surface area contributed by atoms with Gasteiger partial charge < -0.3 is 15.2 Å². The summed E-state index contributed by atoms with van der Waals surface area (Å²) >= 11 is 0. The standard InChI is InChI=1S/C15H14N2O6/c1-7-2-3-8(6-9(7)17(21)22)16-14(18)12-10-4-5-11(23-10)13(12)15(19)20/h2-6,10-13H,1H3,(H,16,18)(H,19,20)/t10-,11-,12+,13+/m1/s1. The van der Waals surface area contributed by atoms with Gasteiger partial charge in [0.25, 0.3) is 5.69 Å². The number of ether oxygens (including phenoxy) is 1. The number of carbonyl (C=O) groups is 2. The van der Waals surface area contributed by atoms with Crippen molar-refractivity contribution in [1.82, 2.24) is 0 Å². The molecule has 0 aliphatic carbocycles. The number of nitrogens with zero attached hydrogens (tertiary/aromatic N) is 1. The number of fused-ring (bicyclic) bond motifs is 2. The van der Waals surface area contributed by atoms with Crippen molar-refractivity contribution in [3.8, 4) is 0 Å². The van der Waals surface area contributed by atoms with Gasteiger partial charge in [0, 0.05) is 17.3 Å². The van der Waals surface area contributed by atoms with Crippen LogP contribution in [0.1, 0.15) is 5.56 Å². The van der Waals surface area contributed by atoms with Crippen molar-refractivity contribution < 1.29 is 24.4 Å². The Morgan fingerprint density at radius 1 is 1.26 bits per heavy atom. The fourth-order valence-electron chi connectivity index (χ4n) is 3.02. The van der Waals surface area contributed by atoms with Crippen molar-refractivity contribution in [2.24, 2.45) is 11.8 Å². The molecule has 2 aliphatic heterocycles. The van der Waals surface area contributed by atoms with Gasteiger partial charge in [0.05, 0.1) is 23.0 Å². The molecule has 2 aliphatic rings.